The van der Waals surface area contributed by atoms with Gasteiger partial charge in [0.1, 0.15) is 6.23 Å². The number of carbonyl (C=O) groups is 2. The minimum absolute atomic E-state index is 0.00124. The van der Waals surface area contributed by atoms with E-state index in [9.17, 15) is 14.7 Å². The molecule has 0 aliphatic heterocycles. The number of carbonyl (C=O) groups excluding carboxylic acids is 2. The largest absolute Gasteiger partial charge is 0.465 e. The maximum Gasteiger partial charge on any atom is 0.305 e. The van der Waals surface area contributed by atoms with E-state index in [1.54, 1.807) is 0 Å². The molecule has 0 aromatic heterocycles. The zero-order chi connectivity index (χ0) is 47.1. The van der Waals surface area contributed by atoms with Crippen molar-refractivity contribution in [3.8, 4) is 0 Å². The minimum atomic E-state index is -0.358. The predicted molar refractivity (Wildman–Crippen MR) is 277 cm³/mol. The summed E-state index contributed by atoms with van der Waals surface area (Å²) in [4.78, 5) is 30.0. The molecule has 0 saturated heterocycles. The van der Waals surface area contributed by atoms with Gasteiger partial charge in [-0.05, 0) is 103 Å². The van der Waals surface area contributed by atoms with Gasteiger partial charge in [-0.1, -0.05) is 208 Å². The van der Waals surface area contributed by atoms with Crippen molar-refractivity contribution in [3.63, 3.8) is 0 Å². The van der Waals surface area contributed by atoms with Gasteiger partial charge in [0.05, 0.1) is 13.2 Å². The second kappa shape index (κ2) is 48.3. The highest BCUT2D eigenvalue weighted by atomic mass is 16.5. The lowest BCUT2D eigenvalue weighted by atomic mass is 9.96. The van der Waals surface area contributed by atoms with Gasteiger partial charge in [0.2, 0.25) is 0 Å². The summed E-state index contributed by atoms with van der Waals surface area (Å²) in [5.41, 5.74) is 0. The van der Waals surface area contributed by atoms with Gasteiger partial charge in [0.15, 0.2) is 0 Å². The Balaban J connectivity index is 4.95. The first-order valence-electron chi connectivity index (χ1n) is 28.6. The lowest BCUT2D eigenvalue weighted by Gasteiger charge is -2.36. The zero-order valence-corrected chi connectivity index (χ0v) is 44.4. The van der Waals surface area contributed by atoms with Crippen LogP contribution in [0.5, 0.6) is 0 Å². The molecule has 3 unspecified atom stereocenters. The molecular formula is C57H114N2O5. The molecule has 0 fully saturated rings. The molecule has 7 heteroatoms. The van der Waals surface area contributed by atoms with E-state index >= 15 is 0 Å². The number of esters is 2. The average molecular weight is 908 g/mol. The van der Waals surface area contributed by atoms with Crippen molar-refractivity contribution in [3.05, 3.63) is 0 Å². The number of rotatable bonds is 51. The Labute approximate surface area is 400 Å². The molecule has 7 nitrogen and oxygen atoms in total. The summed E-state index contributed by atoms with van der Waals surface area (Å²) in [7, 11) is 4.31. The molecular weight excluding hydrogens is 793 g/mol. The summed E-state index contributed by atoms with van der Waals surface area (Å²) < 4.78 is 11.6. The second-order valence-electron chi connectivity index (χ2n) is 20.5. The van der Waals surface area contributed by atoms with Gasteiger partial charge in [-0.2, -0.15) is 0 Å². The molecule has 0 amide bonds. The van der Waals surface area contributed by atoms with Crippen molar-refractivity contribution >= 4 is 11.9 Å². The van der Waals surface area contributed by atoms with E-state index in [1.165, 1.54) is 186 Å². The zero-order valence-electron chi connectivity index (χ0n) is 44.4. The Morgan fingerprint density at radius 3 is 1.12 bits per heavy atom. The summed E-state index contributed by atoms with van der Waals surface area (Å²) >= 11 is 0. The third-order valence-electron chi connectivity index (χ3n) is 13.8. The molecule has 0 aromatic rings. The number of hydrogen-bond acceptors (Lipinski definition) is 7. The van der Waals surface area contributed by atoms with E-state index in [4.69, 9.17) is 9.47 Å². The lowest BCUT2D eigenvalue weighted by Crippen LogP contribution is -2.44. The van der Waals surface area contributed by atoms with Crippen LogP contribution in [-0.4, -0.2) is 79.5 Å². The van der Waals surface area contributed by atoms with Crippen molar-refractivity contribution in [2.24, 2.45) is 11.8 Å². The Morgan fingerprint density at radius 2 is 0.719 bits per heavy atom. The van der Waals surface area contributed by atoms with E-state index < -0.39 is 0 Å². The Hall–Kier alpha value is -1.18. The SMILES string of the molecule is CCCCCCCCC(O)N(CCCN(C)C)C(CCCCCCCCC(=O)OCC(CCCC)CCCCCC)CCCCCCCCC(=O)OCC(CCCC)CCCCCC. The van der Waals surface area contributed by atoms with E-state index in [1.807, 2.05) is 0 Å². The van der Waals surface area contributed by atoms with Crippen LogP contribution >= 0.6 is 0 Å². The van der Waals surface area contributed by atoms with Crippen LogP contribution in [0.2, 0.25) is 0 Å². The van der Waals surface area contributed by atoms with Gasteiger partial charge in [0.25, 0.3) is 0 Å². The van der Waals surface area contributed by atoms with Crippen LogP contribution in [0.25, 0.3) is 0 Å². The van der Waals surface area contributed by atoms with Crippen molar-refractivity contribution in [2.45, 2.75) is 304 Å². The molecule has 0 saturated carbocycles. The molecule has 382 valence electrons. The normalized spacial score (nSPS) is 13.7. The fourth-order valence-corrected chi connectivity index (χ4v) is 9.50. The number of nitrogens with zero attached hydrogens (tertiary/aromatic N) is 2. The molecule has 64 heavy (non-hydrogen) atoms. The summed E-state index contributed by atoms with van der Waals surface area (Å²) in [6, 6.07) is 0.419. The predicted octanol–water partition coefficient (Wildman–Crippen LogP) is 16.6. The summed E-state index contributed by atoms with van der Waals surface area (Å²) in [6.07, 6.45) is 46.1. The maximum absolute atomic E-state index is 12.6. The standard InChI is InChI=1S/C57H114N2O5/c1-8-13-18-21-28-35-45-55(60)59(49-38-48-58(6)7)54(43-33-26-22-24-29-36-46-56(61)63-50-52(39-16-11-4)41-31-19-14-9-2)44-34-27-23-25-30-37-47-57(62)64-51-53(40-17-12-5)42-32-20-15-10-3/h52-55,60H,8-51H2,1-7H3. The monoisotopic (exact) mass is 907 g/mol. The highest BCUT2D eigenvalue weighted by Gasteiger charge is 2.24. The molecule has 0 aromatic carbocycles. The molecule has 1 N–H and O–H groups in total. The first kappa shape index (κ1) is 62.8. The van der Waals surface area contributed by atoms with Crippen LogP contribution in [-0.2, 0) is 19.1 Å². The highest BCUT2D eigenvalue weighted by molar-refractivity contribution is 5.69. The topological polar surface area (TPSA) is 79.3 Å². The van der Waals surface area contributed by atoms with Gasteiger partial charge in [-0.3, -0.25) is 14.5 Å². The van der Waals surface area contributed by atoms with Crippen LogP contribution in [0.15, 0.2) is 0 Å². The highest BCUT2D eigenvalue weighted by Crippen LogP contribution is 2.24. The summed E-state index contributed by atoms with van der Waals surface area (Å²) in [6.45, 7) is 14.5. The van der Waals surface area contributed by atoms with Gasteiger partial charge < -0.3 is 19.5 Å². The smallest absolute Gasteiger partial charge is 0.305 e. The number of ether oxygens (including phenoxy) is 2. The number of hydrogen-bond donors (Lipinski definition) is 1. The van der Waals surface area contributed by atoms with E-state index in [2.05, 4.69) is 58.5 Å². The van der Waals surface area contributed by atoms with Crippen LogP contribution in [0.1, 0.15) is 291 Å². The third kappa shape index (κ3) is 41.0. The first-order valence-corrected chi connectivity index (χ1v) is 28.6. The van der Waals surface area contributed by atoms with Crippen LogP contribution in [0, 0.1) is 11.8 Å². The minimum Gasteiger partial charge on any atom is -0.465 e. The fourth-order valence-electron chi connectivity index (χ4n) is 9.50. The van der Waals surface area contributed by atoms with E-state index in [0.717, 1.165) is 70.9 Å². The van der Waals surface area contributed by atoms with E-state index in [-0.39, 0.29) is 18.2 Å². The van der Waals surface area contributed by atoms with E-state index in [0.29, 0.717) is 43.9 Å². The second-order valence-corrected chi connectivity index (χ2v) is 20.5. The first-order chi connectivity index (χ1) is 31.2. The molecule has 0 spiro atoms. The van der Waals surface area contributed by atoms with Crippen molar-refractivity contribution < 1.29 is 24.2 Å². The Bertz CT molecular complexity index is 922. The number of unbranched alkanes of at least 4 members (excludes halogenated alkanes) is 23. The van der Waals surface area contributed by atoms with Gasteiger partial charge in [0, 0.05) is 25.4 Å². The fraction of sp³-hybridized carbons (Fsp3) is 0.965. The summed E-state index contributed by atoms with van der Waals surface area (Å²) in [5.74, 6) is 1.06. The van der Waals surface area contributed by atoms with Crippen LogP contribution < -0.4 is 0 Å². The van der Waals surface area contributed by atoms with Crippen molar-refractivity contribution in [2.75, 3.05) is 40.4 Å². The third-order valence-corrected chi connectivity index (χ3v) is 13.8. The average Bonchev–Trinajstić information content (AvgIpc) is 3.28. The lowest BCUT2D eigenvalue weighted by molar-refractivity contribution is -0.146. The van der Waals surface area contributed by atoms with Gasteiger partial charge >= 0.3 is 11.9 Å². The van der Waals surface area contributed by atoms with Crippen molar-refractivity contribution in [1.29, 1.82) is 0 Å². The Morgan fingerprint density at radius 1 is 0.391 bits per heavy atom. The number of aliphatic hydroxyl groups is 1. The summed E-state index contributed by atoms with van der Waals surface area (Å²) in [5, 5.41) is 11.7. The van der Waals surface area contributed by atoms with Gasteiger partial charge in [-0.15, -0.1) is 0 Å². The van der Waals surface area contributed by atoms with Crippen molar-refractivity contribution in [1.82, 2.24) is 9.80 Å². The molecule has 0 rings (SSSR count). The maximum atomic E-state index is 12.6. The molecule has 0 aliphatic carbocycles. The Kier molecular flexibility index (Phi) is 47.4. The molecule has 3 atom stereocenters. The van der Waals surface area contributed by atoms with Crippen LogP contribution in [0.4, 0.5) is 0 Å². The van der Waals surface area contributed by atoms with Crippen LogP contribution in [0.3, 0.4) is 0 Å². The van der Waals surface area contributed by atoms with Gasteiger partial charge in [-0.25, -0.2) is 0 Å². The molecule has 0 bridgehead atoms. The molecule has 0 aliphatic rings. The molecule has 0 radical (unpaired) electrons. The quantitative estimate of drug-likeness (QED) is 0.0370. The molecule has 0 heterocycles. The number of aliphatic hydroxyl groups excluding tert-OH is 1.